The van der Waals surface area contributed by atoms with Crippen molar-refractivity contribution in [2.45, 2.75) is 12.2 Å². The van der Waals surface area contributed by atoms with Crippen molar-refractivity contribution in [3.63, 3.8) is 0 Å². The van der Waals surface area contributed by atoms with Crippen molar-refractivity contribution in [1.29, 1.82) is 0 Å². The number of benzene rings is 4. The molecule has 1 aromatic heterocycles. The van der Waals surface area contributed by atoms with Crippen LogP contribution in [0.25, 0.3) is 22.6 Å². The first-order valence-corrected chi connectivity index (χ1v) is 11.0. The second-order valence-corrected chi connectivity index (χ2v) is 7.95. The highest BCUT2D eigenvalue weighted by Gasteiger charge is 2.32. The minimum absolute atomic E-state index is 0.552. The van der Waals surface area contributed by atoms with Crippen molar-refractivity contribution in [3.05, 3.63) is 144 Å². The SMILES string of the molecule is OC(c1ccccc1)c1c(-c2ccccc2)oc(-c2ccccc2)c1C(O)c1ccccc1. The molecule has 2 unspecified atom stereocenters. The van der Waals surface area contributed by atoms with Gasteiger partial charge in [0.1, 0.15) is 23.7 Å². The standard InChI is InChI=1S/C30H24O3/c31-27(21-13-5-1-6-14-21)25-26(28(32)22-15-7-2-8-16-22)30(24-19-11-4-12-20-24)33-29(25)23-17-9-3-10-18-23/h1-20,27-28,31-32H. The molecule has 0 aliphatic heterocycles. The van der Waals surface area contributed by atoms with Crippen LogP contribution in [-0.2, 0) is 0 Å². The number of hydrogen-bond acceptors (Lipinski definition) is 3. The van der Waals surface area contributed by atoms with Crippen molar-refractivity contribution in [1.82, 2.24) is 0 Å². The van der Waals surface area contributed by atoms with Crippen LogP contribution >= 0.6 is 0 Å². The second-order valence-electron chi connectivity index (χ2n) is 7.95. The van der Waals surface area contributed by atoms with Crippen LogP contribution in [-0.4, -0.2) is 10.2 Å². The quantitative estimate of drug-likeness (QED) is 0.311. The van der Waals surface area contributed by atoms with Gasteiger partial charge < -0.3 is 14.6 Å². The molecular weight excluding hydrogens is 408 g/mol. The van der Waals surface area contributed by atoms with Crippen LogP contribution in [0.15, 0.2) is 126 Å². The monoisotopic (exact) mass is 432 g/mol. The predicted molar refractivity (Wildman–Crippen MR) is 131 cm³/mol. The Morgan fingerprint density at radius 1 is 0.424 bits per heavy atom. The van der Waals surface area contributed by atoms with E-state index in [4.69, 9.17) is 4.42 Å². The predicted octanol–water partition coefficient (Wildman–Crippen LogP) is 6.78. The molecule has 2 N–H and O–H groups in total. The maximum Gasteiger partial charge on any atom is 0.141 e. The van der Waals surface area contributed by atoms with Gasteiger partial charge in [-0.1, -0.05) is 121 Å². The Morgan fingerprint density at radius 2 is 0.727 bits per heavy atom. The Bertz CT molecular complexity index is 1210. The van der Waals surface area contributed by atoms with E-state index in [2.05, 4.69) is 0 Å². The highest BCUT2D eigenvalue weighted by molar-refractivity contribution is 5.75. The molecule has 0 saturated heterocycles. The molecule has 0 aliphatic carbocycles. The van der Waals surface area contributed by atoms with Crippen LogP contribution in [0.4, 0.5) is 0 Å². The fourth-order valence-electron chi connectivity index (χ4n) is 4.21. The second kappa shape index (κ2) is 9.29. The molecule has 5 aromatic rings. The third-order valence-electron chi connectivity index (χ3n) is 5.83. The highest BCUT2D eigenvalue weighted by atomic mass is 16.3. The molecule has 3 heteroatoms. The molecule has 1 heterocycles. The lowest BCUT2D eigenvalue weighted by Crippen LogP contribution is -2.08. The lowest BCUT2D eigenvalue weighted by Gasteiger charge is -2.18. The fourth-order valence-corrected chi connectivity index (χ4v) is 4.21. The number of aliphatic hydroxyl groups excluding tert-OH is 2. The summed E-state index contributed by atoms with van der Waals surface area (Å²) < 4.78 is 6.48. The molecule has 0 radical (unpaired) electrons. The van der Waals surface area contributed by atoms with Gasteiger partial charge in [0.25, 0.3) is 0 Å². The summed E-state index contributed by atoms with van der Waals surface area (Å²) in [5, 5.41) is 23.2. The topological polar surface area (TPSA) is 53.6 Å². The smallest absolute Gasteiger partial charge is 0.141 e. The molecule has 0 bridgehead atoms. The summed E-state index contributed by atoms with van der Waals surface area (Å²) >= 11 is 0. The minimum atomic E-state index is -0.976. The van der Waals surface area contributed by atoms with Gasteiger partial charge in [0.2, 0.25) is 0 Å². The number of hydrogen-bond donors (Lipinski definition) is 2. The van der Waals surface area contributed by atoms with E-state index in [-0.39, 0.29) is 0 Å². The van der Waals surface area contributed by atoms with E-state index >= 15 is 0 Å². The first-order valence-electron chi connectivity index (χ1n) is 11.0. The van der Waals surface area contributed by atoms with E-state index in [9.17, 15) is 10.2 Å². The van der Waals surface area contributed by atoms with Crippen LogP contribution in [0.2, 0.25) is 0 Å². The zero-order valence-corrected chi connectivity index (χ0v) is 18.0. The van der Waals surface area contributed by atoms with Gasteiger partial charge >= 0.3 is 0 Å². The van der Waals surface area contributed by atoms with Gasteiger partial charge in [-0.3, -0.25) is 0 Å². The molecule has 0 aliphatic rings. The molecule has 0 spiro atoms. The third-order valence-corrected chi connectivity index (χ3v) is 5.83. The minimum Gasteiger partial charge on any atom is -0.455 e. The van der Waals surface area contributed by atoms with Crippen molar-refractivity contribution in [2.24, 2.45) is 0 Å². The maximum absolute atomic E-state index is 11.6. The van der Waals surface area contributed by atoms with Crippen molar-refractivity contribution in [3.8, 4) is 22.6 Å². The summed E-state index contributed by atoms with van der Waals surface area (Å²) in [5.41, 5.74) is 4.29. The molecule has 162 valence electrons. The lowest BCUT2D eigenvalue weighted by atomic mass is 9.89. The van der Waals surface area contributed by atoms with E-state index in [1.54, 1.807) is 0 Å². The zero-order valence-electron chi connectivity index (χ0n) is 18.0. The van der Waals surface area contributed by atoms with Gasteiger partial charge in [0, 0.05) is 22.3 Å². The number of furan rings is 1. The van der Waals surface area contributed by atoms with Crippen LogP contribution in [0, 0.1) is 0 Å². The maximum atomic E-state index is 11.6. The summed E-state index contributed by atoms with van der Waals surface area (Å²) in [5.74, 6) is 1.10. The lowest BCUT2D eigenvalue weighted by molar-refractivity contribution is 0.198. The molecule has 4 aromatic carbocycles. The van der Waals surface area contributed by atoms with E-state index in [0.29, 0.717) is 22.6 Å². The first kappa shape index (κ1) is 21.0. The van der Waals surface area contributed by atoms with Crippen LogP contribution in [0.3, 0.4) is 0 Å². The Kier molecular flexibility index (Phi) is 5.90. The summed E-state index contributed by atoms with van der Waals surface area (Å²) in [7, 11) is 0. The summed E-state index contributed by atoms with van der Waals surface area (Å²) in [6.07, 6.45) is -1.95. The molecule has 0 amide bonds. The Hall–Kier alpha value is -3.92. The van der Waals surface area contributed by atoms with Gasteiger partial charge in [0.15, 0.2) is 0 Å². The van der Waals surface area contributed by atoms with Crippen LogP contribution in [0.5, 0.6) is 0 Å². The Morgan fingerprint density at radius 3 is 1.06 bits per heavy atom. The Balaban J connectivity index is 1.81. The molecular formula is C30H24O3. The largest absolute Gasteiger partial charge is 0.455 e. The fraction of sp³-hybridized carbons (Fsp3) is 0.0667. The first-order chi connectivity index (χ1) is 16.2. The van der Waals surface area contributed by atoms with Crippen molar-refractivity contribution < 1.29 is 14.6 Å². The molecule has 0 fully saturated rings. The average molecular weight is 433 g/mol. The average Bonchev–Trinajstić information content (AvgIpc) is 3.30. The number of aliphatic hydroxyl groups is 2. The molecule has 5 rings (SSSR count). The van der Waals surface area contributed by atoms with E-state index in [1.165, 1.54) is 0 Å². The summed E-state index contributed by atoms with van der Waals surface area (Å²) in [4.78, 5) is 0. The van der Waals surface area contributed by atoms with Crippen molar-refractivity contribution in [2.75, 3.05) is 0 Å². The number of rotatable bonds is 6. The highest BCUT2D eigenvalue weighted by Crippen LogP contribution is 2.46. The zero-order chi connectivity index (χ0) is 22.6. The summed E-state index contributed by atoms with van der Waals surface area (Å²) in [6.45, 7) is 0. The van der Waals surface area contributed by atoms with E-state index in [1.807, 2.05) is 121 Å². The van der Waals surface area contributed by atoms with Gasteiger partial charge in [0.05, 0.1) is 0 Å². The van der Waals surface area contributed by atoms with E-state index in [0.717, 1.165) is 22.3 Å². The van der Waals surface area contributed by atoms with Gasteiger partial charge in [-0.05, 0) is 11.1 Å². The van der Waals surface area contributed by atoms with Crippen LogP contribution < -0.4 is 0 Å². The van der Waals surface area contributed by atoms with Gasteiger partial charge in [-0.15, -0.1) is 0 Å². The normalized spacial score (nSPS) is 12.9. The van der Waals surface area contributed by atoms with Crippen LogP contribution in [0.1, 0.15) is 34.5 Å². The third kappa shape index (κ3) is 4.12. The van der Waals surface area contributed by atoms with Gasteiger partial charge in [-0.2, -0.15) is 0 Å². The van der Waals surface area contributed by atoms with E-state index < -0.39 is 12.2 Å². The molecule has 0 saturated carbocycles. The van der Waals surface area contributed by atoms with Crippen molar-refractivity contribution >= 4 is 0 Å². The molecule has 2 atom stereocenters. The molecule has 3 nitrogen and oxygen atoms in total. The summed E-state index contributed by atoms with van der Waals surface area (Å²) in [6, 6.07) is 38.4. The molecule has 33 heavy (non-hydrogen) atoms. The van der Waals surface area contributed by atoms with Gasteiger partial charge in [-0.25, -0.2) is 0 Å². The Labute approximate surface area is 193 Å².